The van der Waals surface area contributed by atoms with Gasteiger partial charge >= 0.3 is 0 Å². The molecule has 1 saturated heterocycles. The van der Waals surface area contributed by atoms with E-state index in [0.717, 1.165) is 31.4 Å². The van der Waals surface area contributed by atoms with Gasteiger partial charge in [0, 0.05) is 33.1 Å². The van der Waals surface area contributed by atoms with Gasteiger partial charge in [0.15, 0.2) is 0 Å². The summed E-state index contributed by atoms with van der Waals surface area (Å²) in [4.78, 5) is 29.1. The molecule has 2 rings (SSSR count). The summed E-state index contributed by atoms with van der Waals surface area (Å²) in [5.74, 6) is 0.237. The third-order valence-corrected chi connectivity index (χ3v) is 4.88. The lowest BCUT2D eigenvalue weighted by Gasteiger charge is -2.41. The topological polar surface area (TPSA) is 40.6 Å². The minimum absolute atomic E-state index is 0.118. The highest BCUT2D eigenvalue weighted by molar-refractivity contribution is 5.90. The van der Waals surface area contributed by atoms with Gasteiger partial charge in [-0.3, -0.25) is 9.59 Å². The molecule has 0 saturated carbocycles. The van der Waals surface area contributed by atoms with Crippen LogP contribution in [0.15, 0.2) is 30.3 Å². The summed E-state index contributed by atoms with van der Waals surface area (Å²) < 4.78 is 0. The number of nitrogens with zero attached hydrogens (tertiary/aromatic N) is 2. The molecule has 0 spiro atoms. The van der Waals surface area contributed by atoms with Crippen molar-refractivity contribution in [3.63, 3.8) is 0 Å². The van der Waals surface area contributed by atoms with Gasteiger partial charge in [-0.05, 0) is 25.3 Å². The van der Waals surface area contributed by atoms with E-state index in [1.807, 2.05) is 49.2 Å². The molecule has 126 valence electrons. The zero-order valence-electron chi connectivity index (χ0n) is 14.5. The van der Waals surface area contributed by atoms with Crippen LogP contribution in [0, 0.1) is 5.41 Å². The molecule has 0 aliphatic carbocycles. The molecular formula is C19H28N2O2. The summed E-state index contributed by atoms with van der Waals surface area (Å²) in [6.07, 6.45) is 2.84. The monoisotopic (exact) mass is 316 g/mol. The van der Waals surface area contributed by atoms with Crippen molar-refractivity contribution in [3.05, 3.63) is 35.9 Å². The zero-order valence-corrected chi connectivity index (χ0v) is 14.5. The Balaban J connectivity index is 2.13. The molecule has 1 aromatic carbocycles. The molecule has 1 aromatic rings. The maximum absolute atomic E-state index is 13.1. The first kappa shape index (κ1) is 17.5. The minimum atomic E-state index is -0.513. The zero-order chi connectivity index (χ0) is 16.9. The van der Waals surface area contributed by atoms with Gasteiger partial charge in [0.1, 0.15) is 0 Å². The van der Waals surface area contributed by atoms with Gasteiger partial charge in [-0.25, -0.2) is 0 Å². The fraction of sp³-hybridized carbons (Fsp3) is 0.579. The van der Waals surface area contributed by atoms with Gasteiger partial charge in [-0.1, -0.05) is 43.7 Å². The van der Waals surface area contributed by atoms with Crippen LogP contribution < -0.4 is 0 Å². The van der Waals surface area contributed by atoms with Crippen molar-refractivity contribution in [1.82, 2.24) is 9.80 Å². The summed E-state index contributed by atoms with van der Waals surface area (Å²) in [5.41, 5.74) is 0.605. The van der Waals surface area contributed by atoms with Gasteiger partial charge < -0.3 is 9.80 Å². The summed E-state index contributed by atoms with van der Waals surface area (Å²) in [6.45, 7) is 6.10. The van der Waals surface area contributed by atoms with Crippen LogP contribution >= 0.6 is 0 Å². The second-order valence-electron chi connectivity index (χ2n) is 6.58. The Bertz CT molecular complexity index is 544. The lowest BCUT2D eigenvalue weighted by Crippen LogP contribution is -2.51. The number of carbonyl (C=O) groups excluding carboxylic acids is 2. The van der Waals surface area contributed by atoms with Crippen LogP contribution in [0.1, 0.15) is 45.1 Å². The predicted molar refractivity (Wildman–Crippen MR) is 91.7 cm³/mol. The largest absolute Gasteiger partial charge is 0.343 e. The molecule has 23 heavy (non-hydrogen) atoms. The Labute approximate surface area is 139 Å². The van der Waals surface area contributed by atoms with E-state index >= 15 is 0 Å². The van der Waals surface area contributed by atoms with Crippen molar-refractivity contribution in [2.24, 2.45) is 5.41 Å². The highest BCUT2D eigenvalue weighted by Crippen LogP contribution is 2.38. The first-order valence-electron chi connectivity index (χ1n) is 8.59. The minimum Gasteiger partial charge on any atom is -0.343 e. The molecule has 1 aliphatic heterocycles. The predicted octanol–water partition coefficient (Wildman–Crippen LogP) is 3.07. The Hall–Kier alpha value is -1.84. The normalized spacial score (nSPS) is 21.3. The van der Waals surface area contributed by atoms with E-state index in [1.54, 1.807) is 4.90 Å². The molecule has 4 heteroatoms. The maximum Gasteiger partial charge on any atom is 0.229 e. The third kappa shape index (κ3) is 3.92. The molecule has 0 bridgehead atoms. The summed E-state index contributed by atoms with van der Waals surface area (Å²) in [5, 5.41) is 0. The fourth-order valence-corrected chi connectivity index (χ4v) is 3.61. The number of hydrogen-bond donors (Lipinski definition) is 0. The smallest absolute Gasteiger partial charge is 0.229 e. The van der Waals surface area contributed by atoms with Crippen LogP contribution in [0.5, 0.6) is 0 Å². The lowest BCUT2D eigenvalue weighted by atomic mass is 9.73. The number of rotatable bonds is 6. The average molecular weight is 316 g/mol. The molecule has 0 N–H and O–H groups in total. The van der Waals surface area contributed by atoms with E-state index in [0.29, 0.717) is 19.5 Å². The summed E-state index contributed by atoms with van der Waals surface area (Å²) >= 11 is 0. The molecule has 2 amide bonds. The fourth-order valence-electron chi connectivity index (χ4n) is 3.61. The first-order valence-corrected chi connectivity index (χ1v) is 8.59. The van der Waals surface area contributed by atoms with Crippen molar-refractivity contribution in [2.45, 2.75) is 46.1 Å². The van der Waals surface area contributed by atoms with Gasteiger partial charge in [0.25, 0.3) is 0 Å². The molecule has 1 heterocycles. The van der Waals surface area contributed by atoms with Crippen molar-refractivity contribution in [1.29, 1.82) is 0 Å². The van der Waals surface area contributed by atoms with Gasteiger partial charge in [0.05, 0.1) is 5.41 Å². The maximum atomic E-state index is 13.1. The van der Waals surface area contributed by atoms with E-state index in [-0.39, 0.29) is 11.8 Å². The Morgan fingerprint density at radius 1 is 1.26 bits per heavy atom. The van der Waals surface area contributed by atoms with Crippen LogP contribution in [0.2, 0.25) is 0 Å². The second-order valence-corrected chi connectivity index (χ2v) is 6.58. The van der Waals surface area contributed by atoms with Crippen LogP contribution in [0.25, 0.3) is 0 Å². The summed E-state index contributed by atoms with van der Waals surface area (Å²) in [7, 11) is 1.85. The first-order chi connectivity index (χ1) is 11.0. The Kier molecular flexibility index (Phi) is 5.80. The van der Waals surface area contributed by atoms with Gasteiger partial charge in [-0.2, -0.15) is 0 Å². The molecule has 1 atom stereocenters. The highest BCUT2D eigenvalue weighted by atomic mass is 16.2. The van der Waals surface area contributed by atoms with Crippen LogP contribution in [-0.4, -0.2) is 41.8 Å². The van der Waals surface area contributed by atoms with E-state index < -0.39 is 5.41 Å². The van der Waals surface area contributed by atoms with Gasteiger partial charge in [-0.15, -0.1) is 0 Å². The highest BCUT2D eigenvalue weighted by Gasteiger charge is 2.45. The Morgan fingerprint density at radius 3 is 2.52 bits per heavy atom. The Morgan fingerprint density at radius 2 is 1.96 bits per heavy atom. The quantitative estimate of drug-likeness (QED) is 0.809. The van der Waals surface area contributed by atoms with Crippen molar-refractivity contribution >= 4 is 11.8 Å². The second kappa shape index (κ2) is 7.62. The SMILES string of the molecule is CCCC1(C(=O)N(C)Cc2ccccc2)CCN(CC)C(=O)C1. The van der Waals surface area contributed by atoms with E-state index in [2.05, 4.69) is 6.92 Å². The number of carbonyl (C=O) groups is 2. The number of amides is 2. The van der Waals surface area contributed by atoms with Crippen LogP contribution in [0.3, 0.4) is 0 Å². The molecule has 0 aromatic heterocycles. The van der Waals surface area contributed by atoms with E-state index in [1.165, 1.54) is 0 Å². The molecule has 1 fully saturated rings. The summed E-state index contributed by atoms with van der Waals surface area (Å²) in [6, 6.07) is 10.0. The number of likely N-dealkylation sites (tertiary alicyclic amines) is 1. The average Bonchev–Trinajstić information content (AvgIpc) is 2.55. The van der Waals surface area contributed by atoms with Gasteiger partial charge in [0.2, 0.25) is 11.8 Å². The molecular weight excluding hydrogens is 288 g/mol. The molecule has 4 nitrogen and oxygen atoms in total. The number of piperidine rings is 1. The molecule has 1 aliphatic rings. The van der Waals surface area contributed by atoms with Crippen molar-refractivity contribution in [3.8, 4) is 0 Å². The standard InChI is InChI=1S/C19H28N2O2/c1-4-11-19(12-13-21(5-2)17(22)14-19)18(23)20(3)15-16-9-7-6-8-10-16/h6-10H,4-5,11-15H2,1-3H3. The number of benzene rings is 1. The molecule has 0 radical (unpaired) electrons. The third-order valence-electron chi connectivity index (χ3n) is 4.88. The molecule has 1 unspecified atom stereocenters. The van der Waals surface area contributed by atoms with E-state index in [4.69, 9.17) is 0 Å². The van der Waals surface area contributed by atoms with Crippen molar-refractivity contribution < 1.29 is 9.59 Å². The lowest BCUT2D eigenvalue weighted by molar-refractivity contribution is -0.153. The van der Waals surface area contributed by atoms with Crippen molar-refractivity contribution in [2.75, 3.05) is 20.1 Å². The van der Waals surface area contributed by atoms with Crippen LogP contribution in [0.4, 0.5) is 0 Å². The van der Waals surface area contributed by atoms with E-state index in [9.17, 15) is 9.59 Å². The number of hydrogen-bond acceptors (Lipinski definition) is 2. The van der Waals surface area contributed by atoms with Crippen LogP contribution in [-0.2, 0) is 16.1 Å².